The van der Waals surface area contributed by atoms with Gasteiger partial charge >= 0.3 is 5.69 Å². The van der Waals surface area contributed by atoms with Crippen molar-refractivity contribution in [2.24, 2.45) is 0 Å². The molecule has 0 aliphatic carbocycles. The molecule has 0 atom stereocenters. The molecule has 0 radical (unpaired) electrons. The molecule has 1 N–H and O–H groups in total. The summed E-state index contributed by atoms with van der Waals surface area (Å²) in [6.45, 7) is 5.56. The van der Waals surface area contributed by atoms with Gasteiger partial charge in [0.2, 0.25) is 0 Å². The SMILES string of the molecule is C=C/C(=C\CC)n1ccc(=O)[nH]c1=O. The fourth-order valence-corrected chi connectivity index (χ4v) is 1.11. The molecule has 4 heteroatoms. The molecule has 0 bridgehead atoms. The van der Waals surface area contributed by atoms with Crippen LogP contribution in [-0.2, 0) is 0 Å². The number of rotatable bonds is 3. The molecule has 74 valence electrons. The van der Waals surface area contributed by atoms with Gasteiger partial charge in [0, 0.05) is 18.0 Å². The molecule has 1 aromatic rings. The molecule has 0 fully saturated rings. The van der Waals surface area contributed by atoms with E-state index in [2.05, 4.69) is 11.6 Å². The van der Waals surface area contributed by atoms with Gasteiger partial charge in [-0.1, -0.05) is 19.6 Å². The molecular weight excluding hydrogens is 180 g/mol. The third-order valence-corrected chi connectivity index (χ3v) is 1.72. The highest BCUT2D eigenvalue weighted by atomic mass is 16.2. The summed E-state index contributed by atoms with van der Waals surface area (Å²) in [6, 6.07) is 1.30. The Morgan fingerprint density at radius 3 is 2.86 bits per heavy atom. The van der Waals surface area contributed by atoms with Crippen LogP contribution in [0.3, 0.4) is 0 Å². The Kier molecular flexibility index (Phi) is 3.23. The summed E-state index contributed by atoms with van der Waals surface area (Å²) in [6.07, 6.45) is 5.66. The van der Waals surface area contributed by atoms with Crippen molar-refractivity contribution in [2.45, 2.75) is 13.3 Å². The molecule has 1 aromatic heterocycles. The van der Waals surface area contributed by atoms with Crippen LogP contribution < -0.4 is 11.2 Å². The lowest BCUT2D eigenvalue weighted by Gasteiger charge is -2.03. The Balaban J connectivity index is 3.32. The van der Waals surface area contributed by atoms with Crippen LogP contribution in [-0.4, -0.2) is 9.55 Å². The average molecular weight is 192 g/mol. The lowest BCUT2D eigenvalue weighted by molar-refractivity contribution is 0.915. The Hall–Kier alpha value is -1.84. The first-order valence-corrected chi connectivity index (χ1v) is 4.34. The number of H-pyrrole nitrogens is 1. The minimum Gasteiger partial charge on any atom is -0.274 e. The van der Waals surface area contributed by atoms with Crippen LogP contribution in [0, 0.1) is 0 Å². The number of nitrogens with zero attached hydrogens (tertiary/aromatic N) is 1. The van der Waals surface area contributed by atoms with E-state index in [1.165, 1.54) is 16.8 Å². The molecule has 0 spiro atoms. The van der Waals surface area contributed by atoms with Crippen LogP contribution in [0.25, 0.3) is 5.70 Å². The van der Waals surface area contributed by atoms with Gasteiger partial charge in [0.1, 0.15) is 0 Å². The Morgan fingerprint density at radius 1 is 1.64 bits per heavy atom. The zero-order valence-corrected chi connectivity index (χ0v) is 7.99. The number of hydrogen-bond acceptors (Lipinski definition) is 2. The molecule has 0 amide bonds. The standard InChI is InChI=1S/C10H12N2O2/c1-3-5-8(4-2)12-7-6-9(13)11-10(12)14/h4-7H,2-3H2,1H3,(H,11,13,14)/b8-5+. The number of nitrogens with one attached hydrogen (secondary N) is 1. The highest BCUT2D eigenvalue weighted by molar-refractivity contribution is 5.55. The van der Waals surface area contributed by atoms with Crippen LogP contribution in [0.2, 0.25) is 0 Å². The largest absolute Gasteiger partial charge is 0.332 e. The zero-order chi connectivity index (χ0) is 10.6. The van der Waals surface area contributed by atoms with E-state index >= 15 is 0 Å². The highest BCUT2D eigenvalue weighted by Crippen LogP contribution is 2.01. The maximum absolute atomic E-state index is 11.3. The van der Waals surface area contributed by atoms with Crippen molar-refractivity contribution in [2.75, 3.05) is 0 Å². The van der Waals surface area contributed by atoms with E-state index in [0.717, 1.165) is 6.42 Å². The molecule has 0 aliphatic rings. The van der Waals surface area contributed by atoms with E-state index in [-0.39, 0.29) is 0 Å². The average Bonchev–Trinajstić information content (AvgIpc) is 2.15. The molecule has 4 nitrogen and oxygen atoms in total. The van der Waals surface area contributed by atoms with Gasteiger partial charge in [0.05, 0.1) is 0 Å². The highest BCUT2D eigenvalue weighted by Gasteiger charge is 1.98. The van der Waals surface area contributed by atoms with Crippen molar-refractivity contribution in [1.82, 2.24) is 9.55 Å². The van der Waals surface area contributed by atoms with Crippen LogP contribution in [0.1, 0.15) is 13.3 Å². The summed E-state index contributed by atoms with van der Waals surface area (Å²) in [4.78, 5) is 24.3. The second kappa shape index (κ2) is 4.41. The van der Waals surface area contributed by atoms with Gasteiger partial charge in [-0.15, -0.1) is 0 Å². The van der Waals surface area contributed by atoms with Crippen molar-refractivity contribution in [1.29, 1.82) is 0 Å². The normalized spacial score (nSPS) is 11.4. The monoisotopic (exact) mass is 192 g/mol. The first kappa shape index (κ1) is 10.2. The third kappa shape index (κ3) is 2.10. The van der Waals surface area contributed by atoms with Gasteiger partial charge in [-0.25, -0.2) is 4.79 Å². The van der Waals surface area contributed by atoms with Crippen molar-refractivity contribution in [3.63, 3.8) is 0 Å². The summed E-state index contributed by atoms with van der Waals surface area (Å²) in [5.41, 5.74) is -0.169. The maximum Gasteiger partial charge on any atom is 0.332 e. The molecule has 0 aromatic carbocycles. The van der Waals surface area contributed by atoms with E-state index in [4.69, 9.17) is 0 Å². The predicted octanol–water partition coefficient (Wildman–Crippen LogP) is 0.974. The van der Waals surface area contributed by atoms with Gasteiger partial charge in [-0.3, -0.25) is 14.3 Å². The Morgan fingerprint density at radius 2 is 2.36 bits per heavy atom. The van der Waals surface area contributed by atoms with Crippen LogP contribution in [0.15, 0.2) is 40.6 Å². The minimum atomic E-state index is -0.447. The topological polar surface area (TPSA) is 54.9 Å². The lowest BCUT2D eigenvalue weighted by atomic mass is 10.3. The van der Waals surface area contributed by atoms with Crippen LogP contribution >= 0.6 is 0 Å². The molecule has 0 unspecified atom stereocenters. The van der Waals surface area contributed by atoms with Crippen molar-refractivity contribution in [3.8, 4) is 0 Å². The minimum absolute atomic E-state index is 0.397. The molecule has 1 heterocycles. The van der Waals surface area contributed by atoms with Gasteiger partial charge in [-0.05, 0) is 12.5 Å². The summed E-state index contributed by atoms with van der Waals surface area (Å²) in [7, 11) is 0. The molecule has 0 aliphatic heterocycles. The fourth-order valence-electron chi connectivity index (χ4n) is 1.11. The molecule has 1 rings (SSSR count). The van der Waals surface area contributed by atoms with Crippen LogP contribution in [0.4, 0.5) is 0 Å². The van der Waals surface area contributed by atoms with E-state index < -0.39 is 11.2 Å². The zero-order valence-electron chi connectivity index (χ0n) is 7.99. The molecule has 0 saturated carbocycles. The summed E-state index contributed by atoms with van der Waals surface area (Å²) in [5, 5.41) is 0. The van der Waals surface area contributed by atoms with Crippen molar-refractivity contribution in [3.05, 3.63) is 51.8 Å². The smallest absolute Gasteiger partial charge is 0.274 e. The predicted molar refractivity (Wildman–Crippen MR) is 56.1 cm³/mol. The first-order valence-electron chi connectivity index (χ1n) is 4.34. The summed E-state index contributed by atoms with van der Waals surface area (Å²) >= 11 is 0. The van der Waals surface area contributed by atoms with Gasteiger partial charge < -0.3 is 0 Å². The van der Waals surface area contributed by atoms with E-state index in [1.54, 1.807) is 6.08 Å². The Bertz CT molecular complexity index is 466. The van der Waals surface area contributed by atoms with Crippen molar-refractivity contribution >= 4 is 5.70 Å². The number of aromatic nitrogens is 2. The van der Waals surface area contributed by atoms with Crippen molar-refractivity contribution < 1.29 is 0 Å². The third-order valence-electron chi connectivity index (χ3n) is 1.72. The number of aromatic amines is 1. The molecule has 0 saturated heterocycles. The second-order valence-electron chi connectivity index (χ2n) is 2.72. The van der Waals surface area contributed by atoms with E-state index in [9.17, 15) is 9.59 Å². The quantitative estimate of drug-likeness (QED) is 0.725. The fraction of sp³-hybridized carbons (Fsp3) is 0.200. The Labute approximate surface area is 81.2 Å². The first-order chi connectivity index (χ1) is 6.69. The van der Waals surface area contributed by atoms with E-state index in [0.29, 0.717) is 5.70 Å². The van der Waals surface area contributed by atoms with Gasteiger partial charge in [0.15, 0.2) is 0 Å². The lowest BCUT2D eigenvalue weighted by Crippen LogP contribution is -2.27. The molecular formula is C10H12N2O2. The van der Waals surface area contributed by atoms with E-state index in [1.807, 2.05) is 13.0 Å². The second-order valence-corrected chi connectivity index (χ2v) is 2.72. The van der Waals surface area contributed by atoms with Gasteiger partial charge in [-0.2, -0.15) is 0 Å². The maximum atomic E-state index is 11.3. The van der Waals surface area contributed by atoms with Gasteiger partial charge in [0.25, 0.3) is 5.56 Å². The number of allylic oxidation sites excluding steroid dienone is 3. The summed E-state index contributed by atoms with van der Waals surface area (Å²) < 4.78 is 1.35. The molecule has 14 heavy (non-hydrogen) atoms. The number of hydrogen-bond donors (Lipinski definition) is 1. The summed E-state index contributed by atoms with van der Waals surface area (Å²) in [5.74, 6) is 0. The van der Waals surface area contributed by atoms with Crippen LogP contribution in [0.5, 0.6) is 0 Å².